The molecule has 2 rings (SSSR count). The molecule has 0 aromatic carbocycles. The van der Waals surface area contributed by atoms with Gasteiger partial charge < -0.3 is 43.9 Å². The SMILES string of the molecule is C=CC(=O)O[C@H]1[C@H](C)[C@@H](O[C@@H]2O[C@H](C)C[C@H](N(C)C)[C@H]2O)[C@](C)(OC)C[C@@H](C)C(=O)[C@H](C)[C@H](O)[C@](C)(O)[C@@H](CC)OC(=O)[C@@H]1C. The maximum atomic E-state index is 13.7. The molecule has 0 aromatic rings. The predicted molar refractivity (Wildman–Crippen MR) is 166 cm³/mol. The van der Waals surface area contributed by atoms with Crippen LogP contribution in [0, 0.1) is 23.7 Å². The summed E-state index contributed by atoms with van der Waals surface area (Å²) in [5.41, 5.74) is -3.23. The van der Waals surface area contributed by atoms with Crippen LogP contribution < -0.4 is 0 Å². The second-order valence-electron chi connectivity index (χ2n) is 13.7. The van der Waals surface area contributed by atoms with Gasteiger partial charge in [0.25, 0.3) is 0 Å². The number of likely N-dealkylation sites (N-methyl/N-ethyl adjacent to an activating group) is 1. The van der Waals surface area contributed by atoms with Gasteiger partial charge in [-0.25, -0.2) is 4.79 Å². The van der Waals surface area contributed by atoms with Crippen LogP contribution in [-0.4, -0.2) is 119 Å². The van der Waals surface area contributed by atoms with E-state index in [1.165, 1.54) is 27.9 Å². The zero-order chi connectivity index (χ0) is 34.6. The zero-order valence-corrected chi connectivity index (χ0v) is 28.9. The Bertz CT molecular complexity index is 1030. The predicted octanol–water partition coefficient (Wildman–Crippen LogP) is 2.25. The summed E-state index contributed by atoms with van der Waals surface area (Å²) in [6.07, 6.45) is -5.57. The van der Waals surface area contributed by atoms with Gasteiger partial charge in [0.05, 0.1) is 29.8 Å². The fourth-order valence-corrected chi connectivity index (χ4v) is 6.97. The van der Waals surface area contributed by atoms with E-state index in [0.29, 0.717) is 6.42 Å². The van der Waals surface area contributed by atoms with Gasteiger partial charge >= 0.3 is 11.9 Å². The largest absolute Gasteiger partial charge is 0.459 e. The van der Waals surface area contributed by atoms with Crippen molar-refractivity contribution < 1.29 is 53.4 Å². The summed E-state index contributed by atoms with van der Waals surface area (Å²) in [7, 11) is 5.17. The third kappa shape index (κ3) is 8.71. The fraction of sp³-hybridized carbons (Fsp3) is 0.848. The number of nitrogens with zero attached hydrogens (tertiary/aromatic N) is 1. The average molecular weight is 644 g/mol. The van der Waals surface area contributed by atoms with E-state index in [4.69, 9.17) is 23.7 Å². The van der Waals surface area contributed by atoms with Crippen LogP contribution in [0.3, 0.4) is 0 Å². The van der Waals surface area contributed by atoms with Gasteiger partial charge in [-0.3, -0.25) is 9.59 Å². The summed E-state index contributed by atoms with van der Waals surface area (Å²) in [6, 6.07) is -0.286. The lowest BCUT2D eigenvalue weighted by atomic mass is 9.74. The Morgan fingerprint density at radius 3 is 2.22 bits per heavy atom. The molecular formula is C33H57NO11. The Hall–Kier alpha value is -1.93. The van der Waals surface area contributed by atoms with E-state index in [-0.39, 0.29) is 30.8 Å². The summed E-state index contributed by atoms with van der Waals surface area (Å²) in [4.78, 5) is 41.9. The molecule has 12 heteroatoms. The second kappa shape index (κ2) is 15.8. The van der Waals surface area contributed by atoms with Crippen molar-refractivity contribution in [3.63, 3.8) is 0 Å². The molecular weight excluding hydrogens is 586 g/mol. The first-order valence-electron chi connectivity index (χ1n) is 15.9. The van der Waals surface area contributed by atoms with Crippen molar-refractivity contribution in [2.75, 3.05) is 21.2 Å². The van der Waals surface area contributed by atoms with Crippen molar-refractivity contribution in [3.8, 4) is 0 Å². The smallest absolute Gasteiger partial charge is 0.330 e. The molecule has 2 fully saturated rings. The number of cyclic esters (lactones) is 1. The van der Waals surface area contributed by atoms with Gasteiger partial charge in [0.2, 0.25) is 0 Å². The number of Topliss-reactive ketones (excluding diaryl/α,β-unsaturated/α-hetero) is 1. The average Bonchev–Trinajstić information content (AvgIpc) is 2.99. The Labute approximate surface area is 268 Å². The molecule has 2 aliphatic heterocycles. The summed E-state index contributed by atoms with van der Waals surface area (Å²) >= 11 is 0. The van der Waals surface area contributed by atoms with E-state index in [1.807, 2.05) is 25.9 Å². The van der Waals surface area contributed by atoms with E-state index >= 15 is 0 Å². The van der Waals surface area contributed by atoms with Crippen LogP contribution in [-0.2, 0) is 38.1 Å². The van der Waals surface area contributed by atoms with Crippen LogP contribution in [0.2, 0.25) is 0 Å². The summed E-state index contributed by atoms with van der Waals surface area (Å²) in [6.45, 7) is 16.6. The van der Waals surface area contributed by atoms with Crippen LogP contribution in [0.5, 0.6) is 0 Å². The number of hydrogen-bond donors (Lipinski definition) is 3. The van der Waals surface area contributed by atoms with Crippen molar-refractivity contribution >= 4 is 17.7 Å². The minimum atomic E-state index is -1.97. The molecule has 260 valence electrons. The highest BCUT2D eigenvalue weighted by molar-refractivity contribution is 5.84. The molecule has 0 amide bonds. The number of esters is 2. The lowest BCUT2D eigenvalue weighted by molar-refractivity contribution is -0.301. The molecule has 0 bridgehead atoms. The fourth-order valence-electron chi connectivity index (χ4n) is 6.97. The Balaban J connectivity index is 2.76. The van der Waals surface area contributed by atoms with Crippen molar-refractivity contribution in [1.29, 1.82) is 0 Å². The zero-order valence-electron chi connectivity index (χ0n) is 28.9. The standard InChI is InChI=1S/C33H57NO11/c1-13-23-33(9,40)28(38)19(5)25(36)17(3)16-32(8,41-12)29(45-31-26(37)22(34(10)11)15-18(4)42-31)20(6)27(44-24(35)14-2)21(7)30(39)43-23/h14,17-23,26-29,31,37-38,40H,2,13,15-16H2,1,3-12H3/t17-,18-,19+,20+,21-,22+,23-,26-,27+,28+,29-,31+,32-,33-/m1/s1. The van der Waals surface area contributed by atoms with Crippen molar-refractivity contribution in [2.45, 2.75) is 135 Å². The molecule has 2 saturated heterocycles. The van der Waals surface area contributed by atoms with Gasteiger partial charge in [-0.1, -0.05) is 34.3 Å². The third-order valence-corrected chi connectivity index (χ3v) is 9.90. The van der Waals surface area contributed by atoms with Gasteiger partial charge in [-0.2, -0.15) is 0 Å². The molecule has 2 aliphatic rings. The number of aliphatic hydroxyl groups excluding tert-OH is 2. The van der Waals surface area contributed by atoms with Crippen LogP contribution in [0.1, 0.15) is 74.7 Å². The molecule has 0 aromatic heterocycles. The third-order valence-electron chi connectivity index (χ3n) is 9.90. The van der Waals surface area contributed by atoms with Crippen molar-refractivity contribution in [1.82, 2.24) is 4.90 Å². The molecule has 3 N–H and O–H groups in total. The first-order valence-corrected chi connectivity index (χ1v) is 15.9. The molecule has 12 nitrogen and oxygen atoms in total. The van der Waals surface area contributed by atoms with Gasteiger partial charge in [0.15, 0.2) is 6.29 Å². The quantitative estimate of drug-likeness (QED) is 0.275. The van der Waals surface area contributed by atoms with Crippen LogP contribution in [0.25, 0.3) is 0 Å². The van der Waals surface area contributed by atoms with Crippen LogP contribution in [0.4, 0.5) is 0 Å². The molecule has 45 heavy (non-hydrogen) atoms. The molecule has 2 heterocycles. The highest BCUT2D eigenvalue weighted by atomic mass is 16.7. The Morgan fingerprint density at radius 2 is 1.71 bits per heavy atom. The maximum absolute atomic E-state index is 13.7. The highest BCUT2D eigenvalue weighted by Crippen LogP contribution is 2.40. The number of rotatable bonds is 7. The minimum absolute atomic E-state index is 0.0875. The number of methoxy groups -OCH3 is 1. The normalized spacial score (nSPS) is 44.2. The first kappa shape index (κ1) is 39.2. The van der Waals surface area contributed by atoms with Gasteiger partial charge in [0.1, 0.15) is 29.7 Å². The van der Waals surface area contributed by atoms with Gasteiger partial charge in [-0.15, -0.1) is 0 Å². The van der Waals surface area contributed by atoms with Crippen molar-refractivity contribution in [3.05, 3.63) is 12.7 Å². The molecule has 0 saturated carbocycles. The monoisotopic (exact) mass is 643 g/mol. The molecule has 0 aliphatic carbocycles. The van der Waals surface area contributed by atoms with E-state index in [9.17, 15) is 29.7 Å². The highest BCUT2D eigenvalue weighted by Gasteiger charge is 2.52. The topological polar surface area (TPSA) is 161 Å². The summed E-state index contributed by atoms with van der Waals surface area (Å²) < 4.78 is 30.3. The first-order chi connectivity index (χ1) is 20.8. The van der Waals surface area contributed by atoms with Crippen molar-refractivity contribution in [2.24, 2.45) is 23.7 Å². The lowest BCUT2D eigenvalue weighted by Gasteiger charge is -2.48. The van der Waals surface area contributed by atoms with E-state index in [0.717, 1.165) is 6.08 Å². The lowest BCUT2D eigenvalue weighted by Crippen LogP contribution is -2.60. The molecule has 0 radical (unpaired) electrons. The number of ketones is 1. The number of hydrogen-bond acceptors (Lipinski definition) is 12. The van der Waals surface area contributed by atoms with Gasteiger partial charge in [-0.05, 0) is 61.1 Å². The summed E-state index contributed by atoms with van der Waals surface area (Å²) in [5, 5.41) is 34.0. The van der Waals surface area contributed by atoms with Crippen LogP contribution in [0.15, 0.2) is 12.7 Å². The number of carbonyl (C=O) groups excluding carboxylic acids is 3. The molecule has 0 spiro atoms. The van der Waals surface area contributed by atoms with Gasteiger partial charge in [0, 0.05) is 37.0 Å². The second-order valence-corrected chi connectivity index (χ2v) is 13.7. The van der Waals surface area contributed by atoms with E-state index < -0.39 is 83.6 Å². The summed E-state index contributed by atoms with van der Waals surface area (Å²) in [5.74, 6) is -5.50. The Morgan fingerprint density at radius 1 is 1.11 bits per heavy atom. The molecule has 0 unspecified atom stereocenters. The maximum Gasteiger partial charge on any atom is 0.330 e. The number of aliphatic hydroxyl groups is 3. The van der Waals surface area contributed by atoms with E-state index in [1.54, 1.807) is 27.7 Å². The van der Waals surface area contributed by atoms with E-state index in [2.05, 4.69) is 6.58 Å². The Kier molecular flexibility index (Phi) is 13.8. The number of carbonyl (C=O) groups is 3. The molecule has 14 atom stereocenters. The number of ether oxygens (including phenoxy) is 5. The minimum Gasteiger partial charge on any atom is -0.459 e. The van der Waals surface area contributed by atoms with Crippen LogP contribution >= 0.6 is 0 Å².